The molecular formula is C18H31NO7. The van der Waals surface area contributed by atoms with Gasteiger partial charge in [-0.05, 0) is 55.4 Å². The third kappa shape index (κ3) is 8.33. The first-order valence-electron chi connectivity index (χ1n) is 8.35. The Kier molecular flexibility index (Phi) is 8.30. The minimum atomic E-state index is -1.69. The number of carboxylic acids is 1. The minimum absolute atomic E-state index is 0.362. The van der Waals surface area contributed by atoms with Crippen molar-refractivity contribution >= 4 is 18.2 Å². The predicted molar refractivity (Wildman–Crippen MR) is 95.9 cm³/mol. The fourth-order valence-electron chi connectivity index (χ4n) is 1.89. The van der Waals surface area contributed by atoms with Crippen LogP contribution < -0.4 is 0 Å². The Balaban J connectivity index is 6.03. The van der Waals surface area contributed by atoms with Crippen LogP contribution in [0.1, 0.15) is 55.4 Å². The topological polar surface area (TPSA) is 102 Å². The number of ether oxygens (including phenoxy) is 3. The van der Waals surface area contributed by atoms with Gasteiger partial charge in [-0.3, -0.25) is 0 Å². The van der Waals surface area contributed by atoms with E-state index in [1.165, 1.54) is 6.08 Å². The van der Waals surface area contributed by atoms with Crippen LogP contribution in [0.4, 0.5) is 9.59 Å². The summed E-state index contributed by atoms with van der Waals surface area (Å²) in [6.45, 7) is 16.5. The summed E-state index contributed by atoms with van der Waals surface area (Å²) < 4.78 is 15.9. The maximum Gasteiger partial charge on any atom is 0.420 e. The maximum absolute atomic E-state index is 12.6. The second kappa shape index (κ2) is 9.02. The van der Waals surface area contributed by atoms with E-state index in [1.54, 1.807) is 55.4 Å². The summed E-state index contributed by atoms with van der Waals surface area (Å²) in [6.07, 6.45) is -2.57. The molecule has 0 aromatic carbocycles. The molecule has 150 valence electrons. The van der Waals surface area contributed by atoms with E-state index in [1.807, 2.05) is 0 Å². The van der Waals surface area contributed by atoms with Gasteiger partial charge in [-0.25, -0.2) is 14.4 Å². The van der Waals surface area contributed by atoms with E-state index in [0.717, 1.165) is 0 Å². The van der Waals surface area contributed by atoms with Crippen molar-refractivity contribution in [2.24, 2.45) is 0 Å². The molecule has 26 heavy (non-hydrogen) atoms. The monoisotopic (exact) mass is 373 g/mol. The molecule has 0 rings (SSSR count). The van der Waals surface area contributed by atoms with E-state index in [-0.39, 0.29) is 6.10 Å². The second-order valence-electron chi connectivity index (χ2n) is 8.00. The number of nitrogens with zero attached hydrogens (tertiary/aromatic N) is 1. The highest BCUT2D eigenvalue weighted by Crippen LogP contribution is 2.20. The molecular weight excluding hydrogens is 342 g/mol. The molecule has 8 nitrogen and oxygen atoms in total. The molecule has 1 N–H and O–H groups in total. The smallest absolute Gasteiger partial charge is 0.420 e. The molecule has 0 aliphatic rings. The molecule has 2 atom stereocenters. The van der Waals surface area contributed by atoms with E-state index in [2.05, 4.69) is 6.58 Å². The van der Waals surface area contributed by atoms with E-state index >= 15 is 0 Å². The van der Waals surface area contributed by atoms with E-state index in [0.29, 0.717) is 4.90 Å². The first-order valence-corrected chi connectivity index (χ1v) is 8.35. The average Bonchev–Trinajstić information content (AvgIpc) is 2.37. The van der Waals surface area contributed by atoms with Crippen LogP contribution in [-0.2, 0) is 19.0 Å². The summed E-state index contributed by atoms with van der Waals surface area (Å²) in [4.78, 5) is 37.5. The highest BCUT2D eigenvalue weighted by molar-refractivity contribution is 5.94. The second-order valence-corrected chi connectivity index (χ2v) is 8.00. The predicted octanol–water partition coefficient (Wildman–Crippen LogP) is 3.59. The SMILES string of the molecule is C=C[C@H](OC(C)C)[C@H](C(=O)O)N(C(=O)OC(C)(C)C)C(=O)OC(C)(C)C. The third-order valence-electron chi connectivity index (χ3n) is 2.68. The van der Waals surface area contributed by atoms with E-state index in [4.69, 9.17) is 14.2 Å². The zero-order valence-electron chi connectivity index (χ0n) is 16.9. The van der Waals surface area contributed by atoms with Crippen LogP contribution in [-0.4, -0.2) is 57.6 Å². The lowest BCUT2D eigenvalue weighted by atomic mass is 10.1. The first kappa shape index (κ1) is 23.9. The van der Waals surface area contributed by atoms with Crippen molar-refractivity contribution in [2.45, 2.75) is 84.8 Å². The molecule has 0 unspecified atom stereocenters. The van der Waals surface area contributed by atoms with Gasteiger partial charge in [0.05, 0.1) is 6.10 Å². The molecule has 0 aromatic heterocycles. The van der Waals surface area contributed by atoms with Crippen molar-refractivity contribution in [1.29, 1.82) is 0 Å². The third-order valence-corrected chi connectivity index (χ3v) is 2.68. The maximum atomic E-state index is 12.6. The Bertz CT molecular complexity index is 501. The van der Waals surface area contributed by atoms with Crippen molar-refractivity contribution in [1.82, 2.24) is 4.90 Å². The van der Waals surface area contributed by atoms with Crippen LogP contribution in [0.5, 0.6) is 0 Å². The Morgan fingerprint density at radius 1 is 0.962 bits per heavy atom. The van der Waals surface area contributed by atoms with Gasteiger partial charge in [-0.1, -0.05) is 6.08 Å². The lowest BCUT2D eigenvalue weighted by molar-refractivity contribution is -0.148. The summed E-state index contributed by atoms with van der Waals surface area (Å²) in [5.74, 6) is -1.45. The van der Waals surface area contributed by atoms with Gasteiger partial charge < -0.3 is 19.3 Å². The van der Waals surface area contributed by atoms with Gasteiger partial charge in [0, 0.05) is 0 Å². The first-order chi connectivity index (χ1) is 11.6. The summed E-state index contributed by atoms with van der Waals surface area (Å²) in [7, 11) is 0. The molecule has 2 amide bonds. The quantitative estimate of drug-likeness (QED) is 0.710. The largest absolute Gasteiger partial charge is 0.480 e. The number of carbonyl (C=O) groups is 3. The number of amides is 2. The number of imide groups is 1. The number of rotatable bonds is 6. The number of carbonyl (C=O) groups excluding carboxylic acids is 2. The van der Waals surface area contributed by atoms with Crippen LogP contribution in [0, 0.1) is 0 Å². The van der Waals surface area contributed by atoms with Crippen LogP contribution in [0.2, 0.25) is 0 Å². The Morgan fingerprint density at radius 2 is 1.35 bits per heavy atom. The zero-order chi connectivity index (χ0) is 20.9. The minimum Gasteiger partial charge on any atom is -0.480 e. The number of hydrogen-bond acceptors (Lipinski definition) is 6. The summed E-state index contributed by atoms with van der Waals surface area (Å²) in [5, 5.41) is 9.67. The van der Waals surface area contributed by atoms with Gasteiger partial charge in [0.2, 0.25) is 0 Å². The standard InChI is InChI=1S/C18H31NO7/c1-10-12(24-11(2)3)13(14(20)21)19(15(22)25-17(4,5)6)16(23)26-18(7,8)9/h10-13H,1H2,2-9H3,(H,20,21)/t12-,13+/m0/s1. The summed E-state index contributed by atoms with van der Waals surface area (Å²) in [6, 6.07) is -1.69. The number of aliphatic carboxylic acids is 1. The van der Waals surface area contributed by atoms with Crippen LogP contribution in [0.25, 0.3) is 0 Å². The molecule has 0 saturated heterocycles. The molecule has 0 bridgehead atoms. The van der Waals surface area contributed by atoms with Crippen molar-refractivity contribution in [3.05, 3.63) is 12.7 Å². The fraction of sp³-hybridized carbons (Fsp3) is 0.722. The van der Waals surface area contributed by atoms with Gasteiger partial charge >= 0.3 is 18.2 Å². The van der Waals surface area contributed by atoms with Gasteiger partial charge in [0.25, 0.3) is 0 Å². The normalized spacial score (nSPS) is 14.3. The lowest BCUT2D eigenvalue weighted by Gasteiger charge is -2.34. The number of hydrogen-bond donors (Lipinski definition) is 1. The van der Waals surface area contributed by atoms with Gasteiger partial charge in [0.1, 0.15) is 17.3 Å². The molecule has 8 heteroatoms. The lowest BCUT2D eigenvalue weighted by Crippen LogP contribution is -2.57. The molecule has 0 heterocycles. The molecule has 0 spiro atoms. The van der Waals surface area contributed by atoms with E-state index in [9.17, 15) is 19.5 Å². The molecule has 0 aromatic rings. The molecule has 0 saturated carbocycles. The highest BCUT2D eigenvalue weighted by Gasteiger charge is 2.44. The molecule has 0 aliphatic carbocycles. The van der Waals surface area contributed by atoms with Gasteiger partial charge in [-0.2, -0.15) is 4.90 Å². The summed E-state index contributed by atoms with van der Waals surface area (Å²) in [5.41, 5.74) is -1.88. The van der Waals surface area contributed by atoms with Crippen LogP contribution in [0.3, 0.4) is 0 Å². The Hall–Kier alpha value is -2.09. The van der Waals surface area contributed by atoms with Gasteiger partial charge in [0.15, 0.2) is 6.04 Å². The molecule has 0 aliphatic heterocycles. The van der Waals surface area contributed by atoms with Crippen LogP contribution >= 0.6 is 0 Å². The highest BCUT2D eigenvalue weighted by atomic mass is 16.6. The van der Waals surface area contributed by atoms with Crippen molar-refractivity contribution in [3.8, 4) is 0 Å². The van der Waals surface area contributed by atoms with Crippen molar-refractivity contribution < 1.29 is 33.7 Å². The molecule has 0 fully saturated rings. The van der Waals surface area contributed by atoms with Crippen LogP contribution in [0.15, 0.2) is 12.7 Å². The van der Waals surface area contributed by atoms with Crippen molar-refractivity contribution in [3.63, 3.8) is 0 Å². The fourth-order valence-corrected chi connectivity index (χ4v) is 1.89. The Morgan fingerprint density at radius 3 is 1.58 bits per heavy atom. The Labute approximate surface area is 155 Å². The molecule has 0 radical (unpaired) electrons. The van der Waals surface area contributed by atoms with Gasteiger partial charge in [-0.15, -0.1) is 6.58 Å². The summed E-state index contributed by atoms with van der Waals surface area (Å²) >= 11 is 0. The van der Waals surface area contributed by atoms with Crippen molar-refractivity contribution in [2.75, 3.05) is 0 Å². The number of carboxylic acid groups (broad SMARTS) is 1. The zero-order valence-corrected chi connectivity index (χ0v) is 16.9. The van der Waals surface area contributed by atoms with E-state index < -0.39 is 41.5 Å². The average molecular weight is 373 g/mol.